The van der Waals surface area contributed by atoms with E-state index in [1.807, 2.05) is 26.8 Å². The van der Waals surface area contributed by atoms with Crippen LogP contribution in [0.2, 0.25) is 0 Å². The minimum Gasteiger partial charge on any atom is -0.480 e. The van der Waals surface area contributed by atoms with E-state index in [9.17, 15) is 14.7 Å². The Labute approximate surface area is 124 Å². The Balaban J connectivity index is 2.63. The fourth-order valence-electron chi connectivity index (χ4n) is 2.68. The number of aryl methyl sites for hydroxylation is 1. The first-order valence-electron chi connectivity index (χ1n) is 7.22. The van der Waals surface area contributed by atoms with Crippen LogP contribution in [0.15, 0.2) is 18.2 Å². The molecule has 5 heteroatoms. The molecule has 1 aromatic carbocycles. The number of rotatable bonds is 4. The first kappa shape index (κ1) is 15.4. The molecule has 114 valence electrons. The Morgan fingerprint density at radius 2 is 2.00 bits per heavy atom. The van der Waals surface area contributed by atoms with E-state index in [0.717, 1.165) is 5.56 Å². The van der Waals surface area contributed by atoms with Crippen LogP contribution in [-0.2, 0) is 9.59 Å². The van der Waals surface area contributed by atoms with E-state index in [1.54, 1.807) is 12.1 Å². The quantitative estimate of drug-likeness (QED) is 0.926. The largest absolute Gasteiger partial charge is 0.480 e. The number of benzene rings is 1. The third kappa shape index (κ3) is 2.37. The van der Waals surface area contributed by atoms with E-state index < -0.39 is 17.6 Å². The molecule has 0 fully saturated rings. The Hall–Kier alpha value is -2.04. The van der Waals surface area contributed by atoms with Gasteiger partial charge in [-0.1, -0.05) is 19.9 Å². The Bertz CT molecular complexity index is 578. The van der Waals surface area contributed by atoms with Crippen molar-refractivity contribution in [3.8, 4) is 5.75 Å². The van der Waals surface area contributed by atoms with Crippen LogP contribution in [0.5, 0.6) is 5.75 Å². The van der Waals surface area contributed by atoms with Crippen molar-refractivity contribution in [1.82, 2.24) is 0 Å². The van der Waals surface area contributed by atoms with Crippen molar-refractivity contribution >= 4 is 17.6 Å². The molecule has 0 aliphatic carbocycles. The second-order valence-corrected chi connectivity index (χ2v) is 5.46. The summed E-state index contributed by atoms with van der Waals surface area (Å²) < 4.78 is 5.96. The molecule has 1 amide bonds. The maximum Gasteiger partial charge on any atom is 0.326 e. The van der Waals surface area contributed by atoms with Crippen molar-refractivity contribution in [1.29, 1.82) is 0 Å². The van der Waals surface area contributed by atoms with E-state index in [1.165, 1.54) is 11.8 Å². The summed E-state index contributed by atoms with van der Waals surface area (Å²) in [6, 6.07) is 4.56. The zero-order chi connectivity index (χ0) is 15.8. The van der Waals surface area contributed by atoms with Crippen molar-refractivity contribution < 1.29 is 19.4 Å². The number of anilines is 1. The number of nitrogens with zero attached hydrogens (tertiary/aromatic N) is 1. The standard InChI is InChI=1S/C16H21NO4/c1-5-16(6-2)15(20)17(11(4)14(18)19)12-9-10(3)7-8-13(12)21-16/h7-9,11H,5-6H2,1-4H3,(H,18,19). The molecule has 1 atom stereocenters. The number of fused-ring (bicyclic) bond motifs is 1. The first-order chi connectivity index (χ1) is 9.86. The van der Waals surface area contributed by atoms with E-state index in [4.69, 9.17) is 4.74 Å². The third-order valence-corrected chi connectivity index (χ3v) is 4.17. The molecule has 1 aliphatic heterocycles. The van der Waals surface area contributed by atoms with Gasteiger partial charge in [0.25, 0.3) is 5.91 Å². The molecular weight excluding hydrogens is 270 g/mol. The van der Waals surface area contributed by atoms with Crippen LogP contribution in [-0.4, -0.2) is 28.6 Å². The molecule has 1 N–H and O–H groups in total. The Kier molecular flexibility index (Phi) is 3.94. The van der Waals surface area contributed by atoms with Gasteiger partial charge in [0.2, 0.25) is 0 Å². The molecule has 21 heavy (non-hydrogen) atoms. The lowest BCUT2D eigenvalue weighted by Gasteiger charge is -2.43. The summed E-state index contributed by atoms with van der Waals surface area (Å²) >= 11 is 0. The molecule has 5 nitrogen and oxygen atoms in total. The monoisotopic (exact) mass is 291 g/mol. The van der Waals surface area contributed by atoms with Crippen molar-refractivity contribution in [3.05, 3.63) is 23.8 Å². The molecule has 1 aromatic rings. The van der Waals surface area contributed by atoms with Crippen LogP contribution >= 0.6 is 0 Å². The molecule has 1 aliphatic rings. The minimum absolute atomic E-state index is 0.277. The molecule has 0 saturated heterocycles. The predicted molar refractivity (Wildman–Crippen MR) is 79.7 cm³/mol. The van der Waals surface area contributed by atoms with Gasteiger partial charge in [-0.15, -0.1) is 0 Å². The van der Waals surface area contributed by atoms with Crippen LogP contribution < -0.4 is 9.64 Å². The highest BCUT2D eigenvalue weighted by Crippen LogP contribution is 2.42. The first-order valence-corrected chi connectivity index (χ1v) is 7.22. The summed E-state index contributed by atoms with van der Waals surface area (Å²) in [5.41, 5.74) is 0.507. The number of aliphatic carboxylic acids is 1. The van der Waals surface area contributed by atoms with E-state index in [-0.39, 0.29) is 5.91 Å². The molecule has 0 aromatic heterocycles. The average molecular weight is 291 g/mol. The molecule has 0 radical (unpaired) electrons. The van der Waals surface area contributed by atoms with Gasteiger partial charge in [0.15, 0.2) is 5.60 Å². The van der Waals surface area contributed by atoms with Gasteiger partial charge in [-0.2, -0.15) is 0 Å². The van der Waals surface area contributed by atoms with E-state index >= 15 is 0 Å². The van der Waals surface area contributed by atoms with Gasteiger partial charge in [-0.3, -0.25) is 9.69 Å². The van der Waals surface area contributed by atoms with Crippen molar-refractivity contribution in [2.24, 2.45) is 0 Å². The molecule has 1 heterocycles. The highest BCUT2D eigenvalue weighted by Gasteiger charge is 2.48. The number of hydrogen-bond acceptors (Lipinski definition) is 3. The zero-order valence-corrected chi connectivity index (χ0v) is 12.8. The van der Waals surface area contributed by atoms with Crippen molar-refractivity contribution in [2.75, 3.05) is 4.90 Å². The fourth-order valence-corrected chi connectivity index (χ4v) is 2.68. The highest BCUT2D eigenvalue weighted by molar-refractivity contribution is 6.06. The maximum atomic E-state index is 12.9. The number of hydrogen-bond donors (Lipinski definition) is 1. The van der Waals surface area contributed by atoms with Crippen molar-refractivity contribution in [2.45, 2.75) is 52.2 Å². The number of amides is 1. The molecule has 1 unspecified atom stereocenters. The van der Waals surface area contributed by atoms with Gasteiger partial charge >= 0.3 is 5.97 Å². The number of carbonyl (C=O) groups is 2. The summed E-state index contributed by atoms with van der Waals surface area (Å²) in [6.45, 7) is 7.18. The minimum atomic E-state index is -1.03. The number of carboxylic acids is 1. The summed E-state index contributed by atoms with van der Waals surface area (Å²) in [6.07, 6.45) is 0.997. The number of carboxylic acid groups (broad SMARTS) is 1. The summed E-state index contributed by atoms with van der Waals surface area (Å²) in [4.78, 5) is 25.6. The van der Waals surface area contributed by atoms with Gasteiger partial charge in [-0.25, -0.2) is 4.79 Å². The summed E-state index contributed by atoms with van der Waals surface area (Å²) in [5.74, 6) is -0.740. The van der Waals surface area contributed by atoms with Crippen LogP contribution in [0.25, 0.3) is 0 Å². The van der Waals surface area contributed by atoms with Crippen LogP contribution in [0.4, 0.5) is 5.69 Å². The van der Waals surface area contributed by atoms with Gasteiger partial charge in [0.05, 0.1) is 5.69 Å². The second-order valence-electron chi connectivity index (χ2n) is 5.46. The lowest BCUT2D eigenvalue weighted by molar-refractivity contribution is -0.144. The normalized spacial score (nSPS) is 17.9. The van der Waals surface area contributed by atoms with Gasteiger partial charge < -0.3 is 9.84 Å². The number of ether oxygens (including phenoxy) is 1. The number of carbonyl (C=O) groups excluding carboxylic acids is 1. The maximum absolute atomic E-state index is 12.9. The lowest BCUT2D eigenvalue weighted by Crippen LogP contribution is -2.59. The Morgan fingerprint density at radius 3 is 2.52 bits per heavy atom. The fraction of sp³-hybridized carbons (Fsp3) is 0.500. The molecule has 0 saturated carbocycles. The Morgan fingerprint density at radius 1 is 1.38 bits per heavy atom. The summed E-state index contributed by atoms with van der Waals surface area (Å²) in [5, 5.41) is 9.33. The van der Waals surface area contributed by atoms with Crippen LogP contribution in [0.3, 0.4) is 0 Å². The topological polar surface area (TPSA) is 66.8 Å². The molecule has 2 rings (SSSR count). The SMILES string of the molecule is CCC1(CC)Oc2ccc(C)cc2N(C(C)C(=O)O)C1=O. The molecular formula is C16H21NO4. The van der Waals surface area contributed by atoms with E-state index in [2.05, 4.69) is 0 Å². The van der Waals surface area contributed by atoms with Gasteiger partial charge in [-0.05, 0) is 44.4 Å². The van der Waals surface area contributed by atoms with Crippen LogP contribution in [0, 0.1) is 6.92 Å². The lowest BCUT2D eigenvalue weighted by atomic mass is 9.91. The average Bonchev–Trinajstić information content (AvgIpc) is 2.46. The predicted octanol–water partition coefficient (Wildman–Crippen LogP) is 2.75. The smallest absolute Gasteiger partial charge is 0.326 e. The molecule has 0 bridgehead atoms. The molecule has 0 spiro atoms. The van der Waals surface area contributed by atoms with Crippen LogP contribution in [0.1, 0.15) is 39.2 Å². The third-order valence-electron chi connectivity index (χ3n) is 4.17. The van der Waals surface area contributed by atoms with Gasteiger partial charge in [0, 0.05) is 0 Å². The van der Waals surface area contributed by atoms with E-state index in [0.29, 0.717) is 24.3 Å². The zero-order valence-electron chi connectivity index (χ0n) is 12.8. The second kappa shape index (κ2) is 5.39. The van der Waals surface area contributed by atoms with Crippen molar-refractivity contribution in [3.63, 3.8) is 0 Å². The summed E-state index contributed by atoms with van der Waals surface area (Å²) in [7, 11) is 0. The van der Waals surface area contributed by atoms with Gasteiger partial charge in [0.1, 0.15) is 11.8 Å². The highest BCUT2D eigenvalue weighted by atomic mass is 16.5.